The molecule has 0 radical (unpaired) electrons. The van der Waals surface area contributed by atoms with Crippen molar-refractivity contribution in [2.75, 3.05) is 7.11 Å². The van der Waals surface area contributed by atoms with E-state index < -0.39 is 11.8 Å². The van der Waals surface area contributed by atoms with E-state index in [-0.39, 0.29) is 40.2 Å². The maximum atomic E-state index is 13.5. The lowest BCUT2D eigenvalue weighted by molar-refractivity contribution is -0.139. The number of nitrogens with zero attached hydrogens (tertiary/aromatic N) is 2. The molecular weight excluding hydrogens is 440 g/mol. The first-order valence-electron chi connectivity index (χ1n) is 10.7. The summed E-state index contributed by atoms with van der Waals surface area (Å²) in [5.41, 5.74) is 4.96. The van der Waals surface area contributed by atoms with Gasteiger partial charge in [-0.1, -0.05) is 60.1 Å². The third-order valence-corrected chi connectivity index (χ3v) is 7.31. The predicted octanol–water partition coefficient (Wildman–Crippen LogP) is 4.28. The summed E-state index contributed by atoms with van der Waals surface area (Å²) < 4.78 is 5.12. The van der Waals surface area contributed by atoms with E-state index in [0.717, 1.165) is 27.3 Å². The predicted molar refractivity (Wildman–Crippen MR) is 123 cm³/mol. The van der Waals surface area contributed by atoms with Crippen LogP contribution >= 0.6 is 11.6 Å². The zero-order valence-corrected chi connectivity index (χ0v) is 18.4. The van der Waals surface area contributed by atoms with E-state index in [1.807, 2.05) is 24.3 Å². The Hall–Kier alpha value is -3.64. The van der Waals surface area contributed by atoms with Crippen LogP contribution in [0.5, 0.6) is 11.5 Å². The highest BCUT2D eigenvalue weighted by molar-refractivity contribution is 6.32. The molecule has 2 amide bonds. The first-order valence-corrected chi connectivity index (χ1v) is 11.0. The highest BCUT2D eigenvalue weighted by atomic mass is 35.5. The van der Waals surface area contributed by atoms with Gasteiger partial charge >= 0.3 is 0 Å². The molecule has 0 unspecified atom stereocenters. The van der Waals surface area contributed by atoms with Gasteiger partial charge in [-0.05, 0) is 39.9 Å². The summed E-state index contributed by atoms with van der Waals surface area (Å²) in [7, 11) is 1.41. The summed E-state index contributed by atoms with van der Waals surface area (Å²) in [6.07, 6.45) is 1.39. The van der Waals surface area contributed by atoms with Gasteiger partial charge in [-0.2, -0.15) is 10.1 Å². The highest BCUT2D eigenvalue weighted by Crippen LogP contribution is 2.60. The molecule has 1 N–H and O–H groups in total. The Bertz CT molecular complexity index is 1250. The molecule has 0 saturated carbocycles. The largest absolute Gasteiger partial charge is 0.503 e. The van der Waals surface area contributed by atoms with Crippen LogP contribution in [0, 0.1) is 11.8 Å². The van der Waals surface area contributed by atoms with E-state index in [1.54, 1.807) is 0 Å². The summed E-state index contributed by atoms with van der Waals surface area (Å²) in [5, 5.41) is 15.3. The van der Waals surface area contributed by atoms with Crippen molar-refractivity contribution >= 4 is 29.6 Å². The van der Waals surface area contributed by atoms with Gasteiger partial charge in [-0.15, -0.1) is 0 Å². The molecule has 4 aliphatic rings. The summed E-state index contributed by atoms with van der Waals surface area (Å²) in [5.74, 6) is -1.90. The van der Waals surface area contributed by atoms with Crippen LogP contribution in [0.15, 0.2) is 65.8 Å². The van der Waals surface area contributed by atoms with Crippen LogP contribution in [0.2, 0.25) is 5.02 Å². The number of carbonyl (C=O) groups excluding carboxylic acids is 2. The van der Waals surface area contributed by atoms with Crippen molar-refractivity contribution in [2.24, 2.45) is 16.9 Å². The SMILES string of the molecule is COc1cc(/C=N\N2C(=O)[C@@H]3C4c5ccccc5C(c5ccccc54)[C@@H]3C2=O)cc(Cl)c1O. The molecule has 2 bridgehead atoms. The average molecular weight is 459 g/mol. The van der Waals surface area contributed by atoms with Gasteiger partial charge in [0.15, 0.2) is 11.5 Å². The van der Waals surface area contributed by atoms with E-state index in [9.17, 15) is 14.7 Å². The van der Waals surface area contributed by atoms with Crippen LogP contribution in [0.3, 0.4) is 0 Å². The number of hydrogen-bond donors (Lipinski definition) is 1. The van der Waals surface area contributed by atoms with E-state index in [1.165, 1.54) is 25.5 Å². The number of halogens is 1. The monoisotopic (exact) mass is 458 g/mol. The second-order valence-electron chi connectivity index (χ2n) is 8.55. The molecule has 2 atom stereocenters. The second kappa shape index (κ2) is 7.18. The van der Waals surface area contributed by atoms with Crippen molar-refractivity contribution in [1.82, 2.24) is 5.01 Å². The third-order valence-electron chi connectivity index (χ3n) is 7.02. The van der Waals surface area contributed by atoms with Crippen LogP contribution in [0.25, 0.3) is 0 Å². The second-order valence-corrected chi connectivity index (χ2v) is 8.96. The fourth-order valence-electron chi connectivity index (χ4n) is 5.72. The lowest BCUT2D eigenvalue weighted by Crippen LogP contribution is -2.41. The van der Waals surface area contributed by atoms with Gasteiger partial charge in [0.2, 0.25) is 0 Å². The normalized spacial score (nSPS) is 24.7. The summed E-state index contributed by atoms with van der Waals surface area (Å²) in [6, 6.07) is 19.2. The summed E-state index contributed by atoms with van der Waals surface area (Å²) >= 11 is 6.06. The number of phenolic OH excluding ortho intramolecular Hbond substituents is 1. The lowest BCUT2D eigenvalue weighted by Gasteiger charge is -2.45. The van der Waals surface area contributed by atoms with Gasteiger partial charge in [0.1, 0.15) is 0 Å². The number of methoxy groups -OCH3 is 1. The molecule has 6 nitrogen and oxygen atoms in total. The van der Waals surface area contributed by atoms with Gasteiger partial charge in [0, 0.05) is 11.8 Å². The number of hydrogen-bond acceptors (Lipinski definition) is 5. The number of carbonyl (C=O) groups is 2. The van der Waals surface area contributed by atoms with Gasteiger partial charge < -0.3 is 9.84 Å². The Kier molecular flexibility index (Phi) is 4.35. The van der Waals surface area contributed by atoms with Crippen LogP contribution < -0.4 is 4.74 Å². The summed E-state index contributed by atoms with van der Waals surface area (Å²) in [4.78, 5) is 27.1. The molecule has 3 aromatic rings. The molecule has 3 aromatic carbocycles. The fourth-order valence-corrected chi connectivity index (χ4v) is 5.94. The maximum Gasteiger partial charge on any atom is 0.254 e. The fraction of sp³-hybridized carbons (Fsp3) is 0.192. The summed E-state index contributed by atoms with van der Waals surface area (Å²) in [6.45, 7) is 0. The van der Waals surface area contributed by atoms with Gasteiger partial charge in [-0.25, -0.2) is 0 Å². The molecule has 33 heavy (non-hydrogen) atoms. The molecule has 1 aliphatic heterocycles. The minimum Gasteiger partial charge on any atom is -0.503 e. The number of benzene rings is 3. The van der Waals surface area contributed by atoms with Crippen molar-refractivity contribution in [1.29, 1.82) is 0 Å². The molecule has 0 aromatic heterocycles. The first kappa shape index (κ1) is 20.0. The standard InChI is InChI=1S/C26H19ClN2O4/c1-33-19-11-13(10-18(27)24(19)30)12-28-29-25(31)22-20-14-6-2-3-7-15(14)21(23(22)26(29)32)17-9-5-4-8-16(17)20/h2-12,20-23,30H,1H3/b28-12-/t20?,21?,22-,23+. The molecule has 1 heterocycles. The van der Waals surface area contributed by atoms with E-state index in [4.69, 9.17) is 16.3 Å². The zero-order valence-electron chi connectivity index (χ0n) is 17.6. The number of amides is 2. The van der Waals surface area contributed by atoms with Crippen molar-refractivity contribution in [3.8, 4) is 11.5 Å². The van der Waals surface area contributed by atoms with E-state index in [2.05, 4.69) is 29.4 Å². The highest BCUT2D eigenvalue weighted by Gasteiger charge is 2.61. The van der Waals surface area contributed by atoms with E-state index >= 15 is 0 Å². The van der Waals surface area contributed by atoms with Crippen molar-refractivity contribution < 1.29 is 19.4 Å². The van der Waals surface area contributed by atoms with Crippen molar-refractivity contribution in [3.63, 3.8) is 0 Å². The number of phenols is 1. The maximum absolute atomic E-state index is 13.5. The Labute approximate surface area is 195 Å². The minimum absolute atomic E-state index is 0.0903. The van der Waals surface area contributed by atoms with Gasteiger partial charge in [-0.3, -0.25) is 9.59 Å². The number of hydrazone groups is 1. The molecule has 1 saturated heterocycles. The average Bonchev–Trinajstić information content (AvgIpc) is 3.09. The van der Waals surface area contributed by atoms with Crippen LogP contribution in [0.1, 0.15) is 39.7 Å². The Morgan fingerprint density at radius 2 is 1.39 bits per heavy atom. The molecule has 7 rings (SSSR count). The van der Waals surface area contributed by atoms with Crippen LogP contribution in [-0.4, -0.2) is 35.3 Å². The van der Waals surface area contributed by atoms with Gasteiger partial charge in [0.05, 0.1) is 30.2 Å². The zero-order chi connectivity index (χ0) is 22.9. The molecule has 1 fully saturated rings. The third kappa shape index (κ3) is 2.70. The van der Waals surface area contributed by atoms with Gasteiger partial charge in [0.25, 0.3) is 11.8 Å². The smallest absolute Gasteiger partial charge is 0.254 e. The number of rotatable bonds is 3. The quantitative estimate of drug-likeness (QED) is 0.469. The molecule has 164 valence electrons. The van der Waals surface area contributed by atoms with E-state index in [0.29, 0.717) is 5.56 Å². The Morgan fingerprint density at radius 3 is 1.85 bits per heavy atom. The Morgan fingerprint density at radius 1 is 0.909 bits per heavy atom. The number of aromatic hydroxyl groups is 1. The topological polar surface area (TPSA) is 79.2 Å². The molecule has 3 aliphatic carbocycles. The van der Waals surface area contributed by atoms with Crippen molar-refractivity contribution in [2.45, 2.75) is 11.8 Å². The first-order chi connectivity index (χ1) is 16.0. The Balaban J connectivity index is 1.42. The minimum atomic E-state index is -0.484. The molecule has 7 heteroatoms. The molecular formula is C26H19ClN2O4. The lowest BCUT2D eigenvalue weighted by atomic mass is 9.55. The molecule has 0 spiro atoms. The number of imide groups is 1. The van der Waals surface area contributed by atoms with Crippen molar-refractivity contribution in [3.05, 3.63) is 93.5 Å². The van der Waals surface area contributed by atoms with Crippen LogP contribution in [0.4, 0.5) is 0 Å². The van der Waals surface area contributed by atoms with Crippen LogP contribution in [-0.2, 0) is 9.59 Å². The number of ether oxygens (including phenoxy) is 1.